The van der Waals surface area contributed by atoms with Gasteiger partial charge in [-0.05, 0) is 19.3 Å². The minimum absolute atomic E-state index is 0.0561. The van der Waals surface area contributed by atoms with E-state index in [1.807, 2.05) is 0 Å². The average Bonchev–Trinajstić information content (AvgIpc) is 2.05. The van der Waals surface area contributed by atoms with E-state index < -0.39 is 0 Å². The molecule has 0 spiro atoms. The molecule has 0 aromatic heterocycles. The van der Waals surface area contributed by atoms with E-state index in [2.05, 4.69) is 12.5 Å². The first-order chi connectivity index (χ1) is 5.66. The molecule has 1 heterocycles. The summed E-state index contributed by atoms with van der Waals surface area (Å²) in [6.07, 6.45) is 3.76. The van der Waals surface area contributed by atoms with E-state index in [-0.39, 0.29) is 5.91 Å². The van der Waals surface area contributed by atoms with Gasteiger partial charge in [0.2, 0.25) is 0 Å². The van der Waals surface area contributed by atoms with Gasteiger partial charge in [0.15, 0.2) is 6.54 Å². The summed E-state index contributed by atoms with van der Waals surface area (Å²) in [7, 11) is 2.12. The van der Waals surface area contributed by atoms with Crippen LogP contribution in [0.3, 0.4) is 0 Å². The van der Waals surface area contributed by atoms with Crippen molar-refractivity contribution >= 4 is 5.91 Å². The molecule has 0 aromatic rings. The lowest BCUT2D eigenvalue weighted by atomic mass is 10.1. The lowest BCUT2D eigenvalue weighted by Crippen LogP contribution is -2.54. The molecule has 4 heteroatoms. The number of nitrogens with zero attached hydrogens (tertiary/aromatic N) is 1. The van der Waals surface area contributed by atoms with Crippen molar-refractivity contribution in [2.75, 3.05) is 26.7 Å². The second-order valence-electron chi connectivity index (χ2n) is 3.85. The molecular weight excluding hydrogens is 154 g/mol. The second-order valence-corrected chi connectivity index (χ2v) is 3.85. The van der Waals surface area contributed by atoms with Crippen LogP contribution >= 0.6 is 0 Å². The third kappa shape index (κ3) is 2.46. The van der Waals surface area contributed by atoms with E-state index in [1.165, 1.54) is 19.3 Å². The Labute approximate surface area is 73.3 Å². The van der Waals surface area contributed by atoms with Gasteiger partial charge in [-0.1, -0.05) is 0 Å². The maximum Gasteiger partial charge on any atom is 0.289 e. The number of hydrogen-bond donors (Lipinski definition) is 2. The summed E-state index contributed by atoms with van der Waals surface area (Å²) in [5.74, 6) is 4.98. The highest BCUT2D eigenvalue weighted by atomic mass is 16.2. The van der Waals surface area contributed by atoms with Gasteiger partial charge in [-0.3, -0.25) is 10.2 Å². The van der Waals surface area contributed by atoms with Crippen LogP contribution in [0.15, 0.2) is 0 Å². The molecule has 0 radical (unpaired) electrons. The molecule has 70 valence electrons. The Morgan fingerprint density at radius 1 is 1.42 bits per heavy atom. The number of nitrogens with one attached hydrogen (secondary N) is 1. The molecule has 0 aliphatic carbocycles. The number of likely N-dealkylation sites (N-methyl/N-ethyl adjacent to an activating group) is 1. The smallest absolute Gasteiger partial charge is 0.289 e. The Morgan fingerprint density at radius 3 is 2.50 bits per heavy atom. The topological polar surface area (TPSA) is 55.1 Å². The van der Waals surface area contributed by atoms with E-state index >= 15 is 0 Å². The van der Waals surface area contributed by atoms with Crippen LogP contribution in [0.2, 0.25) is 0 Å². The van der Waals surface area contributed by atoms with Crippen LogP contribution in [-0.4, -0.2) is 37.1 Å². The number of hydrazine groups is 1. The normalized spacial score (nSPS) is 21.8. The molecule has 12 heavy (non-hydrogen) atoms. The van der Waals surface area contributed by atoms with Crippen LogP contribution < -0.4 is 11.3 Å². The predicted molar refractivity (Wildman–Crippen MR) is 47.0 cm³/mol. The number of carbonyl (C=O) groups is 1. The lowest BCUT2D eigenvalue weighted by molar-refractivity contribution is -0.906. The fourth-order valence-corrected chi connectivity index (χ4v) is 1.83. The summed E-state index contributed by atoms with van der Waals surface area (Å²) in [5.41, 5.74) is 2.18. The molecule has 1 amide bonds. The molecule has 3 N–H and O–H groups in total. The molecule has 1 aliphatic rings. The largest absolute Gasteiger partial charge is 0.318 e. The zero-order valence-corrected chi connectivity index (χ0v) is 7.68. The van der Waals surface area contributed by atoms with E-state index in [9.17, 15) is 4.79 Å². The number of rotatable bonds is 2. The van der Waals surface area contributed by atoms with Crippen molar-refractivity contribution in [2.45, 2.75) is 19.3 Å². The standard InChI is InChI=1S/C8H17N3O/c1-11(7-8(12)10-9)5-3-2-4-6-11/h2-7,9H2,1H3/p+1. The lowest BCUT2D eigenvalue weighted by Gasteiger charge is -2.36. The molecule has 1 aliphatic heterocycles. The van der Waals surface area contributed by atoms with E-state index in [4.69, 9.17) is 5.84 Å². The third-order valence-corrected chi connectivity index (χ3v) is 2.58. The first-order valence-electron chi connectivity index (χ1n) is 4.49. The quantitative estimate of drug-likeness (QED) is 0.258. The fourth-order valence-electron chi connectivity index (χ4n) is 1.83. The van der Waals surface area contributed by atoms with Gasteiger partial charge in [0.05, 0.1) is 20.1 Å². The average molecular weight is 172 g/mol. The molecule has 1 saturated heterocycles. The number of quaternary nitrogens is 1. The van der Waals surface area contributed by atoms with Gasteiger partial charge in [-0.25, -0.2) is 5.84 Å². The van der Waals surface area contributed by atoms with Gasteiger partial charge >= 0.3 is 0 Å². The molecule has 0 bridgehead atoms. The minimum atomic E-state index is -0.0561. The Kier molecular flexibility index (Phi) is 3.05. The number of nitrogens with two attached hydrogens (primary N) is 1. The van der Waals surface area contributed by atoms with Crippen molar-refractivity contribution in [3.63, 3.8) is 0 Å². The van der Waals surface area contributed by atoms with Crippen LogP contribution in [0.25, 0.3) is 0 Å². The van der Waals surface area contributed by atoms with Gasteiger partial charge in [0, 0.05) is 0 Å². The number of hydrogen-bond acceptors (Lipinski definition) is 2. The summed E-state index contributed by atoms with van der Waals surface area (Å²) in [6, 6.07) is 0. The number of likely N-dealkylation sites (tertiary alicyclic amines) is 1. The van der Waals surface area contributed by atoms with Crippen LogP contribution in [0.1, 0.15) is 19.3 Å². The molecule has 0 aromatic carbocycles. The zero-order valence-electron chi connectivity index (χ0n) is 7.68. The highest BCUT2D eigenvalue weighted by Gasteiger charge is 2.26. The monoisotopic (exact) mass is 172 g/mol. The molecule has 0 saturated carbocycles. The Hall–Kier alpha value is -0.610. The van der Waals surface area contributed by atoms with E-state index in [0.29, 0.717) is 6.54 Å². The van der Waals surface area contributed by atoms with E-state index in [0.717, 1.165) is 17.6 Å². The Morgan fingerprint density at radius 2 is 2.00 bits per heavy atom. The number of amides is 1. The highest BCUT2D eigenvalue weighted by Crippen LogP contribution is 2.15. The van der Waals surface area contributed by atoms with Crippen molar-refractivity contribution < 1.29 is 9.28 Å². The van der Waals surface area contributed by atoms with Gasteiger partial charge in [-0.2, -0.15) is 0 Å². The molecule has 1 fully saturated rings. The van der Waals surface area contributed by atoms with Crippen molar-refractivity contribution in [3.05, 3.63) is 0 Å². The highest BCUT2D eigenvalue weighted by molar-refractivity contribution is 5.76. The van der Waals surface area contributed by atoms with Crippen LogP contribution in [0.5, 0.6) is 0 Å². The summed E-state index contributed by atoms with van der Waals surface area (Å²) >= 11 is 0. The Balaban J connectivity index is 2.41. The van der Waals surface area contributed by atoms with Crippen LogP contribution in [0, 0.1) is 0 Å². The minimum Gasteiger partial charge on any atom is -0.318 e. The van der Waals surface area contributed by atoms with Crippen molar-refractivity contribution in [1.82, 2.24) is 5.43 Å². The molecular formula is C8H18N3O+. The first-order valence-corrected chi connectivity index (χ1v) is 4.49. The zero-order chi connectivity index (χ0) is 9.03. The Bertz CT molecular complexity index is 164. The number of carbonyl (C=O) groups excluding carboxylic acids is 1. The van der Waals surface area contributed by atoms with Crippen LogP contribution in [0.4, 0.5) is 0 Å². The molecule has 4 nitrogen and oxygen atoms in total. The third-order valence-electron chi connectivity index (χ3n) is 2.58. The van der Waals surface area contributed by atoms with Crippen molar-refractivity contribution in [2.24, 2.45) is 5.84 Å². The van der Waals surface area contributed by atoms with Crippen molar-refractivity contribution in [3.8, 4) is 0 Å². The van der Waals surface area contributed by atoms with Gasteiger partial charge in [0.1, 0.15) is 0 Å². The summed E-state index contributed by atoms with van der Waals surface area (Å²) in [4.78, 5) is 11.0. The molecule has 0 unspecified atom stereocenters. The SMILES string of the molecule is C[N+]1(CC(=O)NN)CCCCC1. The van der Waals surface area contributed by atoms with E-state index in [1.54, 1.807) is 0 Å². The molecule has 1 rings (SSSR count). The van der Waals surface area contributed by atoms with Gasteiger partial charge in [0.25, 0.3) is 5.91 Å². The van der Waals surface area contributed by atoms with Gasteiger partial charge in [-0.15, -0.1) is 0 Å². The second kappa shape index (κ2) is 3.87. The predicted octanol–water partition coefficient (Wildman–Crippen LogP) is -0.393. The maximum atomic E-state index is 11.0. The maximum absolute atomic E-state index is 11.0. The first kappa shape index (κ1) is 9.48. The van der Waals surface area contributed by atoms with Gasteiger partial charge < -0.3 is 4.48 Å². The fraction of sp³-hybridized carbons (Fsp3) is 0.875. The molecule has 0 atom stereocenters. The summed E-state index contributed by atoms with van der Waals surface area (Å²) in [6.45, 7) is 2.73. The summed E-state index contributed by atoms with van der Waals surface area (Å²) < 4.78 is 0.850. The van der Waals surface area contributed by atoms with Crippen LogP contribution in [-0.2, 0) is 4.79 Å². The van der Waals surface area contributed by atoms with Crippen molar-refractivity contribution in [1.29, 1.82) is 0 Å². The number of piperidine rings is 1. The summed E-state index contributed by atoms with van der Waals surface area (Å²) in [5, 5.41) is 0.